The second-order valence-corrected chi connectivity index (χ2v) is 3.89. The molecular formula is C11H8ClN3O. The van der Waals surface area contributed by atoms with Gasteiger partial charge in [0.1, 0.15) is 5.69 Å². The number of nitrogens with one attached hydrogen (secondary N) is 1. The first-order valence-electron chi connectivity index (χ1n) is 4.74. The molecule has 80 valence electrons. The van der Waals surface area contributed by atoms with Gasteiger partial charge in [-0.05, 0) is 0 Å². The summed E-state index contributed by atoms with van der Waals surface area (Å²) in [6.07, 6.45) is 1.75. The summed E-state index contributed by atoms with van der Waals surface area (Å²) in [6.45, 7) is 0. The molecule has 0 radical (unpaired) electrons. The molecule has 4 nitrogen and oxygen atoms in total. The standard InChI is InChI=1S/C11H8ClN3O/c12-8-5-14-11-6(8)2-1-3-7(11)9-4-10(13)16-15-9/h1-5,14H,13H2. The molecule has 1 aromatic carbocycles. The summed E-state index contributed by atoms with van der Waals surface area (Å²) < 4.78 is 4.86. The van der Waals surface area contributed by atoms with E-state index in [0.717, 1.165) is 16.5 Å². The van der Waals surface area contributed by atoms with Gasteiger partial charge in [-0.15, -0.1) is 0 Å². The average molecular weight is 234 g/mol. The lowest BCUT2D eigenvalue weighted by molar-refractivity contribution is 0.439. The van der Waals surface area contributed by atoms with Gasteiger partial charge in [0, 0.05) is 23.2 Å². The maximum Gasteiger partial charge on any atom is 0.222 e. The molecule has 3 rings (SSSR count). The van der Waals surface area contributed by atoms with Crippen LogP contribution in [0.3, 0.4) is 0 Å². The van der Waals surface area contributed by atoms with Crippen LogP contribution in [0.2, 0.25) is 5.02 Å². The van der Waals surface area contributed by atoms with E-state index in [4.69, 9.17) is 21.9 Å². The van der Waals surface area contributed by atoms with Gasteiger partial charge in [-0.3, -0.25) is 0 Å². The molecule has 0 amide bonds. The molecule has 3 aromatic rings. The predicted molar refractivity (Wildman–Crippen MR) is 63.2 cm³/mol. The molecule has 0 fully saturated rings. The van der Waals surface area contributed by atoms with Crippen LogP contribution in [0.15, 0.2) is 35.0 Å². The summed E-state index contributed by atoms with van der Waals surface area (Å²) in [4.78, 5) is 3.11. The quantitative estimate of drug-likeness (QED) is 0.679. The molecule has 5 heteroatoms. The Kier molecular flexibility index (Phi) is 1.91. The third kappa shape index (κ3) is 1.27. The third-order valence-electron chi connectivity index (χ3n) is 2.47. The lowest BCUT2D eigenvalue weighted by Gasteiger charge is -1.97. The van der Waals surface area contributed by atoms with Gasteiger partial charge in [-0.2, -0.15) is 0 Å². The van der Waals surface area contributed by atoms with E-state index in [-0.39, 0.29) is 0 Å². The SMILES string of the molecule is Nc1cc(-c2cccc3c(Cl)c[nH]c23)no1. The molecule has 0 aliphatic rings. The largest absolute Gasteiger partial charge is 0.368 e. The predicted octanol–water partition coefficient (Wildman–Crippen LogP) is 3.06. The van der Waals surface area contributed by atoms with E-state index in [1.54, 1.807) is 12.3 Å². The van der Waals surface area contributed by atoms with Gasteiger partial charge in [0.25, 0.3) is 0 Å². The number of hydrogen-bond acceptors (Lipinski definition) is 3. The number of rotatable bonds is 1. The fraction of sp³-hybridized carbons (Fsp3) is 0. The normalized spacial score (nSPS) is 11.1. The highest BCUT2D eigenvalue weighted by molar-refractivity contribution is 6.35. The van der Waals surface area contributed by atoms with Crippen molar-refractivity contribution in [1.29, 1.82) is 0 Å². The van der Waals surface area contributed by atoms with E-state index >= 15 is 0 Å². The van der Waals surface area contributed by atoms with Crippen LogP contribution in [0.25, 0.3) is 22.2 Å². The number of anilines is 1. The van der Waals surface area contributed by atoms with Crippen molar-refractivity contribution in [3.05, 3.63) is 35.5 Å². The Morgan fingerprint density at radius 1 is 1.38 bits per heavy atom. The number of hydrogen-bond donors (Lipinski definition) is 2. The molecule has 3 N–H and O–H groups in total. The second kappa shape index (κ2) is 3.28. The Balaban J connectivity index is 2.31. The Bertz CT molecular complexity index is 656. The fourth-order valence-electron chi connectivity index (χ4n) is 1.75. The molecule has 0 aliphatic carbocycles. The number of nitrogens with zero attached hydrogens (tertiary/aromatic N) is 1. The van der Waals surface area contributed by atoms with Crippen molar-refractivity contribution in [2.45, 2.75) is 0 Å². The number of fused-ring (bicyclic) bond motifs is 1. The number of nitrogens with two attached hydrogens (primary N) is 1. The minimum Gasteiger partial charge on any atom is -0.368 e. The third-order valence-corrected chi connectivity index (χ3v) is 2.78. The highest BCUT2D eigenvalue weighted by atomic mass is 35.5. The van der Waals surface area contributed by atoms with E-state index in [9.17, 15) is 0 Å². The Hall–Kier alpha value is -1.94. The molecular weight excluding hydrogens is 226 g/mol. The van der Waals surface area contributed by atoms with Gasteiger partial charge in [0.05, 0.1) is 10.5 Å². The molecule has 0 aliphatic heterocycles. The number of H-pyrrole nitrogens is 1. The number of para-hydroxylation sites is 1. The van der Waals surface area contributed by atoms with Crippen molar-refractivity contribution in [2.75, 3.05) is 5.73 Å². The second-order valence-electron chi connectivity index (χ2n) is 3.48. The van der Waals surface area contributed by atoms with Gasteiger partial charge >= 0.3 is 0 Å². The van der Waals surface area contributed by atoms with Gasteiger partial charge in [-0.1, -0.05) is 35.0 Å². The molecule has 0 atom stereocenters. The number of halogens is 1. The Morgan fingerprint density at radius 3 is 3.00 bits per heavy atom. The molecule has 0 saturated heterocycles. The number of benzene rings is 1. The van der Waals surface area contributed by atoms with E-state index in [1.165, 1.54) is 0 Å². The van der Waals surface area contributed by atoms with E-state index < -0.39 is 0 Å². The molecule has 0 saturated carbocycles. The van der Waals surface area contributed by atoms with Crippen LogP contribution in [0.1, 0.15) is 0 Å². The van der Waals surface area contributed by atoms with Crippen molar-refractivity contribution in [2.24, 2.45) is 0 Å². The average Bonchev–Trinajstić information content (AvgIpc) is 2.86. The maximum atomic E-state index is 6.04. The van der Waals surface area contributed by atoms with Crippen LogP contribution in [0.5, 0.6) is 0 Å². The smallest absolute Gasteiger partial charge is 0.222 e. The summed E-state index contributed by atoms with van der Waals surface area (Å²) >= 11 is 6.04. The zero-order chi connectivity index (χ0) is 11.1. The number of nitrogen functional groups attached to an aromatic ring is 1. The van der Waals surface area contributed by atoms with Crippen molar-refractivity contribution in [1.82, 2.24) is 10.1 Å². The van der Waals surface area contributed by atoms with Gasteiger partial charge in [0.15, 0.2) is 0 Å². The lowest BCUT2D eigenvalue weighted by atomic mass is 10.1. The Morgan fingerprint density at radius 2 is 2.25 bits per heavy atom. The summed E-state index contributed by atoms with van der Waals surface area (Å²) in [5, 5.41) is 5.53. The minimum atomic E-state index is 0.296. The van der Waals surface area contributed by atoms with E-state index in [2.05, 4.69) is 10.1 Å². The van der Waals surface area contributed by atoms with Gasteiger partial charge in [-0.25, -0.2) is 0 Å². The lowest BCUT2D eigenvalue weighted by Crippen LogP contribution is -1.80. The topological polar surface area (TPSA) is 67.8 Å². The van der Waals surface area contributed by atoms with Crippen LogP contribution in [0, 0.1) is 0 Å². The molecule has 0 spiro atoms. The van der Waals surface area contributed by atoms with Crippen LogP contribution in [-0.4, -0.2) is 10.1 Å². The fourth-order valence-corrected chi connectivity index (χ4v) is 1.96. The van der Waals surface area contributed by atoms with Crippen molar-refractivity contribution in [3.8, 4) is 11.3 Å². The molecule has 2 aromatic heterocycles. The van der Waals surface area contributed by atoms with Gasteiger partial charge < -0.3 is 15.2 Å². The number of aromatic amines is 1. The first-order valence-corrected chi connectivity index (χ1v) is 5.11. The monoisotopic (exact) mass is 233 g/mol. The van der Waals surface area contributed by atoms with E-state index in [1.807, 2.05) is 18.2 Å². The Labute approximate surface area is 96.0 Å². The summed E-state index contributed by atoms with van der Waals surface area (Å²) in [5.74, 6) is 0.296. The highest BCUT2D eigenvalue weighted by Crippen LogP contribution is 2.31. The molecule has 16 heavy (non-hydrogen) atoms. The van der Waals surface area contributed by atoms with Crippen molar-refractivity contribution >= 4 is 28.4 Å². The summed E-state index contributed by atoms with van der Waals surface area (Å²) in [5.41, 5.74) is 8.05. The first-order chi connectivity index (χ1) is 7.75. The minimum absolute atomic E-state index is 0.296. The zero-order valence-corrected chi connectivity index (χ0v) is 8.95. The van der Waals surface area contributed by atoms with Gasteiger partial charge in [0.2, 0.25) is 5.88 Å². The van der Waals surface area contributed by atoms with Crippen LogP contribution in [0.4, 0.5) is 5.88 Å². The van der Waals surface area contributed by atoms with E-state index in [0.29, 0.717) is 16.6 Å². The maximum absolute atomic E-state index is 6.04. The summed E-state index contributed by atoms with van der Waals surface area (Å²) in [6, 6.07) is 7.49. The van der Waals surface area contributed by atoms with Crippen LogP contribution in [-0.2, 0) is 0 Å². The van der Waals surface area contributed by atoms with Crippen molar-refractivity contribution in [3.63, 3.8) is 0 Å². The number of aromatic nitrogens is 2. The van der Waals surface area contributed by atoms with Crippen LogP contribution < -0.4 is 5.73 Å². The summed E-state index contributed by atoms with van der Waals surface area (Å²) in [7, 11) is 0. The highest BCUT2D eigenvalue weighted by Gasteiger charge is 2.10. The molecule has 2 heterocycles. The zero-order valence-electron chi connectivity index (χ0n) is 8.20. The van der Waals surface area contributed by atoms with Crippen molar-refractivity contribution < 1.29 is 4.52 Å². The van der Waals surface area contributed by atoms with Crippen LogP contribution >= 0.6 is 11.6 Å². The first kappa shape index (κ1) is 9.30. The molecule has 0 unspecified atom stereocenters. The molecule has 0 bridgehead atoms.